The normalized spacial score (nSPS) is 12.9. The Kier molecular flexibility index (Phi) is 4.69. The fourth-order valence-corrected chi connectivity index (χ4v) is 1.85. The van der Waals surface area contributed by atoms with E-state index in [0.29, 0.717) is 11.6 Å². The number of hydrogen-bond acceptors (Lipinski definition) is 2. The van der Waals surface area contributed by atoms with Gasteiger partial charge in [0, 0.05) is 29.1 Å². The molecule has 0 heterocycles. The molecule has 0 saturated carbocycles. The van der Waals surface area contributed by atoms with Crippen LogP contribution in [-0.4, -0.2) is 20.1 Å². The van der Waals surface area contributed by atoms with E-state index < -0.39 is 0 Å². The Bertz CT molecular complexity index is 302. The maximum Gasteiger partial charge on any atom is 0.0442 e. The lowest BCUT2D eigenvalue weighted by Crippen LogP contribution is -2.24. The summed E-state index contributed by atoms with van der Waals surface area (Å²) >= 11 is 12.0. The molecule has 0 radical (unpaired) electrons. The Morgan fingerprint density at radius 1 is 1.43 bits per heavy atom. The lowest BCUT2D eigenvalue weighted by Gasteiger charge is -2.16. The summed E-state index contributed by atoms with van der Waals surface area (Å²) in [6.07, 6.45) is 0. The largest absolute Gasteiger partial charge is 0.330 e. The van der Waals surface area contributed by atoms with Crippen LogP contribution in [0.1, 0.15) is 11.5 Å². The van der Waals surface area contributed by atoms with Crippen molar-refractivity contribution >= 4 is 23.2 Å². The number of hydrogen-bond donors (Lipinski definition) is 2. The molecule has 2 nitrogen and oxygen atoms in total. The van der Waals surface area contributed by atoms with Gasteiger partial charge in [-0.05, 0) is 30.8 Å². The monoisotopic (exact) mass is 232 g/mol. The van der Waals surface area contributed by atoms with Crippen molar-refractivity contribution in [3.05, 3.63) is 33.8 Å². The quantitative estimate of drug-likeness (QED) is 0.837. The van der Waals surface area contributed by atoms with Gasteiger partial charge in [-0.2, -0.15) is 0 Å². The van der Waals surface area contributed by atoms with Crippen molar-refractivity contribution in [1.82, 2.24) is 5.32 Å². The Hall–Kier alpha value is -0.280. The molecule has 1 atom stereocenters. The van der Waals surface area contributed by atoms with E-state index in [9.17, 15) is 0 Å². The lowest BCUT2D eigenvalue weighted by molar-refractivity contribution is 0.637. The molecular weight excluding hydrogens is 219 g/mol. The summed E-state index contributed by atoms with van der Waals surface area (Å²) in [6, 6.07) is 5.45. The standard InChI is InChI=1S/C10H14Cl2N2/c1-14-6-7(5-13)9-4-8(11)2-3-10(9)12/h2-4,7,14H,5-6,13H2,1H3. The minimum atomic E-state index is 0.214. The minimum Gasteiger partial charge on any atom is -0.330 e. The first-order valence-corrected chi connectivity index (χ1v) is 5.24. The summed E-state index contributed by atoms with van der Waals surface area (Å²) in [5.41, 5.74) is 6.68. The number of rotatable bonds is 4. The van der Waals surface area contributed by atoms with Crippen LogP contribution in [0.15, 0.2) is 18.2 Å². The van der Waals surface area contributed by atoms with E-state index in [1.807, 2.05) is 13.1 Å². The molecule has 0 saturated heterocycles. The van der Waals surface area contributed by atoms with E-state index in [4.69, 9.17) is 28.9 Å². The van der Waals surface area contributed by atoms with Crippen molar-refractivity contribution in [1.29, 1.82) is 0 Å². The Labute approximate surface area is 94.4 Å². The summed E-state index contributed by atoms with van der Waals surface area (Å²) in [5, 5.41) is 4.50. The van der Waals surface area contributed by atoms with E-state index in [-0.39, 0.29) is 5.92 Å². The molecule has 0 spiro atoms. The molecule has 78 valence electrons. The second-order valence-electron chi connectivity index (χ2n) is 3.16. The number of halogens is 2. The first-order valence-electron chi connectivity index (χ1n) is 4.48. The van der Waals surface area contributed by atoms with Gasteiger partial charge in [0.1, 0.15) is 0 Å². The van der Waals surface area contributed by atoms with Crippen molar-refractivity contribution < 1.29 is 0 Å². The average Bonchev–Trinajstić information content (AvgIpc) is 2.18. The number of nitrogens with two attached hydrogens (primary N) is 1. The molecule has 0 amide bonds. The van der Waals surface area contributed by atoms with Crippen LogP contribution in [0.2, 0.25) is 10.0 Å². The third-order valence-corrected chi connectivity index (χ3v) is 2.71. The molecule has 3 N–H and O–H groups in total. The predicted molar refractivity (Wildman–Crippen MR) is 62.2 cm³/mol. The molecule has 1 unspecified atom stereocenters. The SMILES string of the molecule is CNCC(CN)c1cc(Cl)ccc1Cl. The fourth-order valence-electron chi connectivity index (χ4n) is 1.39. The van der Waals surface area contributed by atoms with Gasteiger partial charge in [0.25, 0.3) is 0 Å². The lowest BCUT2D eigenvalue weighted by atomic mass is 9.99. The Morgan fingerprint density at radius 3 is 2.71 bits per heavy atom. The van der Waals surface area contributed by atoms with Crippen molar-refractivity contribution in [2.75, 3.05) is 20.1 Å². The maximum absolute atomic E-state index is 6.06. The van der Waals surface area contributed by atoms with Crippen molar-refractivity contribution in [2.45, 2.75) is 5.92 Å². The second kappa shape index (κ2) is 5.56. The fraction of sp³-hybridized carbons (Fsp3) is 0.400. The van der Waals surface area contributed by atoms with Gasteiger partial charge in [-0.1, -0.05) is 23.2 Å². The van der Waals surface area contributed by atoms with Gasteiger partial charge in [-0.3, -0.25) is 0 Å². The van der Waals surface area contributed by atoms with Gasteiger partial charge < -0.3 is 11.1 Å². The van der Waals surface area contributed by atoms with Gasteiger partial charge >= 0.3 is 0 Å². The van der Waals surface area contributed by atoms with Crippen molar-refractivity contribution in [3.63, 3.8) is 0 Å². The molecule has 0 aliphatic heterocycles. The highest BCUT2D eigenvalue weighted by atomic mass is 35.5. The summed E-state index contributed by atoms with van der Waals surface area (Å²) < 4.78 is 0. The van der Waals surface area contributed by atoms with Crippen molar-refractivity contribution in [3.8, 4) is 0 Å². The van der Waals surface area contributed by atoms with Gasteiger partial charge in [-0.25, -0.2) is 0 Å². The third-order valence-electron chi connectivity index (χ3n) is 2.13. The summed E-state index contributed by atoms with van der Waals surface area (Å²) in [4.78, 5) is 0. The zero-order chi connectivity index (χ0) is 10.6. The first-order chi connectivity index (χ1) is 6.69. The zero-order valence-electron chi connectivity index (χ0n) is 8.06. The van der Waals surface area contributed by atoms with Crippen LogP contribution in [0.25, 0.3) is 0 Å². The highest BCUT2D eigenvalue weighted by Gasteiger charge is 2.12. The van der Waals surface area contributed by atoms with Crippen LogP contribution in [0.4, 0.5) is 0 Å². The van der Waals surface area contributed by atoms with Crippen LogP contribution in [0.3, 0.4) is 0 Å². The van der Waals surface area contributed by atoms with E-state index in [1.165, 1.54) is 0 Å². The van der Waals surface area contributed by atoms with Gasteiger partial charge in [0.05, 0.1) is 0 Å². The highest BCUT2D eigenvalue weighted by molar-refractivity contribution is 6.33. The summed E-state index contributed by atoms with van der Waals surface area (Å²) in [7, 11) is 1.89. The maximum atomic E-state index is 6.06. The summed E-state index contributed by atoms with van der Waals surface area (Å²) in [5.74, 6) is 0.214. The Morgan fingerprint density at radius 2 is 2.14 bits per heavy atom. The molecule has 1 aromatic rings. The van der Waals surface area contributed by atoms with E-state index in [1.54, 1.807) is 12.1 Å². The molecule has 1 aromatic carbocycles. The number of likely N-dealkylation sites (N-methyl/N-ethyl adjacent to an activating group) is 1. The molecular formula is C10H14Cl2N2. The molecule has 1 rings (SSSR count). The van der Waals surface area contributed by atoms with E-state index >= 15 is 0 Å². The van der Waals surface area contributed by atoms with Crippen molar-refractivity contribution in [2.24, 2.45) is 5.73 Å². The summed E-state index contributed by atoms with van der Waals surface area (Å²) in [6.45, 7) is 1.36. The topological polar surface area (TPSA) is 38.0 Å². The minimum absolute atomic E-state index is 0.214. The van der Waals surface area contributed by atoms with Crippen LogP contribution >= 0.6 is 23.2 Å². The molecule has 0 bridgehead atoms. The molecule has 0 aliphatic rings. The second-order valence-corrected chi connectivity index (χ2v) is 4.00. The van der Waals surface area contributed by atoms with Crippen LogP contribution in [0.5, 0.6) is 0 Å². The van der Waals surface area contributed by atoms with Crippen LogP contribution in [-0.2, 0) is 0 Å². The van der Waals surface area contributed by atoms with Gasteiger partial charge in [0.15, 0.2) is 0 Å². The smallest absolute Gasteiger partial charge is 0.0442 e. The highest BCUT2D eigenvalue weighted by Crippen LogP contribution is 2.26. The van der Waals surface area contributed by atoms with Gasteiger partial charge in [0.2, 0.25) is 0 Å². The zero-order valence-corrected chi connectivity index (χ0v) is 9.57. The molecule has 4 heteroatoms. The molecule has 14 heavy (non-hydrogen) atoms. The number of benzene rings is 1. The molecule has 0 aliphatic carbocycles. The van der Waals surface area contributed by atoms with Crippen LogP contribution < -0.4 is 11.1 Å². The average molecular weight is 233 g/mol. The van der Waals surface area contributed by atoms with E-state index in [2.05, 4.69) is 5.32 Å². The Balaban J connectivity index is 2.96. The first kappa shape index (κ1) is 11.8. The predicted octanol–water partition coefficient (Wildman–Crippen LogP) is 2.26. The molecule has 0 fully saturated rings. The number of nitrogens with one attached hydrogen (secondary N) is 1. The van der Waals surface area contributed by atoms with Crippen LogP contribution in [0, 0.1) is 0 Å². The molecule has 0 aromatic heterocycles. The van der Waals surface area contributed by atoms with E-state index in [0.717, 1.165) is 17.1 Å². The van der Waals surface area contributed by atoms with Gasteiger partial charge in [-0.15, -0.1) is 0 Å². The third kappa shape index (κ3) is 2.85.